The second-order valence-corrected chi connectivity index (χ2v) is 8.89. The first-order valence-electron chi connectivity index (χ1n) is 9.36. The molecule has 2 heterocycles. The van der Waals surface area contributed by atoms with E-state index in [1.807, 2.05) is 54.6 Å². The van der Waals surface area contributed by atoms with E-state index in [0.29, 0.717) is 32.2 Å². The molecule has 0 unspecified atom stereocenters. The summed E-state index contributed by atoms with van der Waals surface area (Å²) in [6.45, 7) is 0. The molecule has 8 heteroatoms. The van der Waals surface area contributed by atoms with Crippen molar-refractivity contribution in [3.8, 4) is 0 Å². The van der Waals surface area contributed by atoms with Crippen molar-refractivity contribution in [3.63, 3.8) is 0 Å². The van der Waals surface area contributed by atoms with E-state index in [-0.39, 0.29) is 5.91 Å². The molecule has 0 saturated heterocycles. The maximum atomic E-state index is 13.0. The predicted octanol–water partition coefficient (Wildman–Crippen LogP) is 6.22. The summed E-state index contributed by atoms with van der Waals surface area (Å²) in [5.41, 5.74) is 2.03. The number of carbonyl (C=O) groups is 1. The normalized spacial score (nSPS) is 10.6. The van der Waals surface area contributed by atoms with Crippen molar-refractivity contribution in [2.75, 3.05) is 5.32 Å². The molecule has 4 rings (SSSR count). The molecule has 0 fully saturated rings. The van der Waals surface area contributed by atoms with Gasteiger partial charge in [-0.2, -0.15) is 0 Å². The van der Waals surface area contributed by atoms with Crippen LogP contribution in [0.4, 0.5) is 5.69 Å². The molecule has 1 N–H and O–H groups in total. The standard InChI is InChI=1S/C23H17ClN4OS2/c24-17-10-8-16(9-11-17)15-30-23-26-14-20(31-19-6-2-1-3-7-19)21(28-23)22(29)27-18-5-4-12-25-13-18/h1-14H,15H2,(H,27,29). The summed E-state index contributed by atoms with van der Waals surface area (Å²) in [6.07, 6.45) is 4.95. The fourth-order valence-electron chi connectivity index (χ4n) is 2.63. The Labute approximate surface area is 193 Å². The predicted molar refractivity (Wildman–Crippen MR) is 126 cm³/mol. The quantitative estimate of drug-likeness (QED) is 0.258. The number of thioether (sulfide) groups is 1. The van der Waals surface area contributed by atoms with Gasteiger partial charge in [-0.25, -0.2) is 9.97 Å². The number of nitrogens with zero attached hydrogens (tertiary/aromatic N) is 3. The number of hydrogen-bond acceptors (Lipinski definition) is 6. The van der Waals surface area contributed by atoms with Crippen LogP contribution in [0.2, 0.25) is 5.02 Å². The van der Waals surface area contributed by atoms with Gasteiger partial charge < -0.3 is 5.32 Å². The van der Waals surface area contributed by atoms with E-state index in [4.69, 9.17) is 11.6 Å². The van der Waals surface area contributed by atoms with Crippen molar-refractivity contribution in [3.05, 3.63) is 102 Å². The van der Waals surface area contributed by atoms with Crippen molar-refractivity contribution in [1.82, 2.24) is 15.0 Å². The van der Waals surface area contributed by atoms with Crippen LogP contribution in [0.1, 0.15) is 16.1 Å². The fourth-order valence-corrected chi connectivity index (χ4v) is 4.42. The molecule has 2 aromatic heterocycles. The molecule has 4 aromatic rings. The third kappa shape index (κ3) is 6.07. The van der Waals surface area contributed by atoms with E-state index in [1.54, 1.807) is 30.7 Å². The Morgan fingerprint density at radius 3 is 2.52 bits per heavy atom. The van der Waals surface area contributed by atoms with Gasteiger partial charge in [0.25, 0.3) is 5.91 Å². The van der Waals surface area contributed by atoms with Gasteiger partial charge >= 0.3 is 0 Å². The molecule has 0 aliphatic carbocycles. The Kier molecular flexibility index (Phi) is 7.19. The number of halogens is 1. The summed E-state index contributed by atoms with van der Waals surface area (Å²) in [4.78, 5) is 27.8. The molecule has 1 amide bonds. The van der Waals surface area contributed by atoms with Gasteiger partial charge in [0.05, 0.1) is 16.8 Å². The molecule has 0 bridgehead atoms. The summed E-state index contributed by atoms with van der Waals surface area (Å²) in [5.74, 6) is 0.369. The molecule has 31 heavy (non-hydrogen) atoms. The van der Waals surface area contributed by atoms with Crippen LogP contribution in [0.25, 0.3) is 0 Å². The van der Waals surface area contributed by atoms with Crippen LogP contribution in [0, 0.1) is 0 Å². The van der Waals surface area contributed by atoms with Gasteiger partial charge in [0.15, 0.2) is 5.16 Å². The van der Waals surface area contributed by atoms with Crippen molar-refractivity contribution in [2.24, 2.45) is 0 Å². The highest BCUT2D eigenvalue weighted by molar-refractivity contribution is 7.99. The average Bonchev–Trinajstić information content (AvgIpc) is 2.81. The van der Waals surface area contributed by atoms with E-state index in [2.05, 4.69) is 20.3 Å². The molecular weight excluding hydrogens is 448 g/mol. The maximum Gasteiger partial charge on any atom is 0.275 e. The lowest BCUT2D eigenvalue weighted by Gasteiger charge is -2.10. The highest BCUT2D eigenvalue weighted by atomic mass is 35.5. The van der Waals surface area contributed by atoms with Crippen molar-refractivity contribution in [1.29, 1.82) is 0 Å². The summed E-state index contributed by atoms with van der Waals surface area (Å²) in [6, 6.07) is 21.0. The van der Waals surface area contributed by atoms with Gasteiger partial charge in [0.1, 0.15) is 5.69 Å². The Morgan fingerprint density at radius 2 is 1.77 bits per heavy atom. The Balaban J connectivity index is 1.58. The van der Waals surface area contributed by atoms with Crippen molar-refractivity contribution < 1.29 is 4.79 Å². The zero-order valence-corrected chi connectivity index (χ0v) is 18.6. The first kappa shape index (κ1) is 21.4. The molecular formula is C23H17ClN4OS2. The lowest BCUT2D eigenvalue weighted by atomic mass is 10.2. The molecule has 0 aliphatic heterocycles. The van der Waals surface area contributed by atoms with Gasteiger partial charge in [-0.3, -0.25) is 9.78 Å². The minimum atomic E-state index is -0.304. The van der Waals surface area contributed by atoms with Crippen LogP contribution in [-0.2, 0) is 5.75 Å². The first-order chi connectivity index (χ1) is 15.2. The number of carbonyl (C=O) groups excluding carboxylic acids is 1. The zero-order chi connectivity index (χ0) is 21.5. The van der Waals surface area contributed by atoms with E-state index < -0.39 is 0 Å². The lowest BCUT2D eigenvalue weighted by Crippen LogP contribution is -2.16. The zero-order valence-electron chi connectivity index (χ0n) is 16.2. The number of pyridine rings is 1. The number of amides is 1. The summed E-state index contributed by atoms with van der Waals surface area (Å²) in [5, 5.41) is 4.09. The largest absolute Gasteiger partial charge is 0.319 e. The van der Waals surface area contributed by atoms with Crippen LogP contribution < -0.4 is 5.32 Å². The highest BCUT2D eigenvalue weighted by Crippen LogP contribution is 2.31. The number of rotatable bonds is 7. The van der Waals surface area contributed by atoms with E-state index in [1.165, 1.54) is 23.5 Å². The van der Waals surface area contributed by atoms with Crippen molar-refractivity contribution in [2.45, 2.75) is 20.7 Å². The highest BCUT2D eigenvalue weighted by Gasteiger charge is 2.17. The van der Waals surface area contributed by atoms with E-state index >= 15 is 0 Å². The van der Waals surface area contributed by atoms with Crippen LogP contribution in [0.15, 0.2) is 100 Å². The van der Waals surface area contributed by atoms with Gasteiger partial charge in [0, 0.05) is 28.1 Å². The number of aromatic nitrogens is 3. The number of anilines is 1. The monoisotopic (exact) mass is 464 g/mol. The van der Waals surface area contributed by atoms with Gasteiger partial charge in [-0.1, -0.05) is 65.5 Å². The second-order valence-electron chi connectivity index (χ2n) is 6.39. The molecule has 0 saturated carbocycles. The summed E-state index contributed by atoms with van der Waals surface area (Å²) < 4.78 is 0. The Hall–Kier alpha value is -2.87. The lowest BCUT2D eigenvalue weighted by molar-refractivity contribution is 0.101. The maximum absolute atomic E-state index is 13.0. The fraction of sp³-hybridized carbons (Fsp3) is 0.0435. The molecule has 0 radical (unpaired) electrons. The number of hydrogen-bond donors (Lipinski definition) is 1. The van der Waals surface area contributed by atoms with E-state index in [9.17, 15) is 4.79 Å². The van der Waals surface area contributed by atoms with Crippen LogP contribution >= 0.6 is 35.1 Å². The topological polar surface area (TPSA) is 67.8 Å². The van der Waals surface area contributed by atoms with Crippen LogP contribution in [0.5, 0.6) is 0 Å². The second kappa shape index (κ2) is 10.4. The SMILES string of the molecule is O=C(Nc1cccnc1)c1nc(SCc2ccc(Cl)cc2)ncc1Sc1ccccc1. The summed E-state index contributed by atoms with van der Waals surface area (Å²) in [7, 11) is 0. The third-order valence-electron chi connectivity index (χ3n) is 4.12. The smallest absolute Gasteiger partial charge is 0.275 e. The third-order valence-corrected chi connectivity index (χ3v) is 6.33. The molecule has 0 spiro atoms. The minimum absolute atomic E-state index is 0.304. The molecule has 2 aromatic carbocycles. The van der Waals surface area contributed by atoms with Crippen molar-refractivity contribution >= 4 is 46.7 Å². The van der Waals surface area contributed by atoms with E-state index in [0.717, 1.165) is 10.5 Å². The van der Waals surface area contributed by atoms with Gasteiger partial charge in [-0.05, 0) is 42.0 Å². The average molecular weight is 465 g/mol. The van der Waals surface area contributed by atoms with Crippen LogP contribution in [-0.4, -0.2) is 20.9 Å². The Bertz CT molecular complexity index is 1160. The molecule has 0 atom stereocenters. The molecule has 0 aliphatic rings. The summed E-state index contributed by atoms with van der Waals surface area (Å²) >= 11 is 8.87. The first-order valence-corrected chi connectivity index (χ1v) is 11.5. The minimum Gasteiger partial charge on any atom is -0.319 e. The number of nitrogens with one attached hydrogen (secondary N) is 1. The Morgan fingerprint density at radius 1 is 0.968 bits per heavy atom. The van der Waals surface area contributed by atoms with Crippen LogP contribution in [0.3, 0.4) is 0 Å². The molecule has 154 valence electrons. The molecule has 5 nitrogen and oxygen atoms in total. The van der Waals surface area contributed by atoms with Gasteiger partial charge in [-0.15, -0.1) is 0 Å². The van der Waals surface area contributed by atoms with Gasteiger partial charge in [0.2, 0.25) is 0 Å². The number of benzene rings is 2.